The number of carbonyl (C=O) groups excluding carboxylic acids is 3. The third kappa shape index (κ3) is 6.81. The molecule has 2 N–H and O–H groups in total. The number of anilines is 2. The Balaban J connectivity index is 1.49. The van der Waals surface area contributed by atoms with E-state index in [1.165, 1.54) is 0 Å². The summed E-state index contributed by atoms with van der Waals surface area (Å²) >= 11 is 2.13. The summed E-state index contributed by atoms with van der Waals surface area (Å²) in [7, 11) is 0. The Bertz CT molecular complexity index is 1080. The van der Waals surface area contributed by atoms with Crippen LogP contribution in [0, 0.1) is 3.57 Å². The number of amides is 2. The Hall–Kier alpha value is -3.40. The summed E-state index contributed by atoms with van der Waals surface area (Å²) < 4.78 is 11.4. The molecule has 0 saturated heterocycles. The smallest absolute Gasteiger partial charge is 0.338 e. The van der Waals surface area contributed by atoms with Crippen LogP contribution in [0.2, 0.25) is 0 Å². The van der Waals surface area contributed by atoms with Crippen LogP contribution in [0.3, 0.4) is 0 Å². The van der Waals surface area contributed by atoms with E-state index < -0.39 is 18.5 Å². The molecular formula is C24H21IN2O5. The second-order valence-electron chi connectivity index (χ2n) is 6.62. The monoisotopic (exact) mass is 544 g/mol. The highest BCUT2D eigenvalue weighted by molar-refractivity contribution is 14.1. The fourth-order valence-electron chi connectivity index (χ4n) is 2.71. The van der Waals surface area contributed by atoms with Gasteiger partial charge in [-0.25, -0.2) is 4.79 Å². The van der Waals surface area contributed by atoms with Gasteiger partial charge < -0.3 is 20.1 Å². The first-order chi connectivity index (χ1) is 15.4. The Morgan fingerprint density at radius 3 is 1.97 bits per heavy atom. The zero-order valence-electron chi connectivity index (χ0n) is 17.3. The van der Waals surface area contributed by atoms with Gasteiger partial charge in [0.1, 0.15) is 5.75 Å². The van der Waals surface area contributed by atoms with Crippen molar-refractivity contribution < 1.29 is 23.9 Å². The molecule has 3 rings (SSSR count). The van der Waals surface area contributed by atoms with Crippen molar-refractivity contribution in [1.29, 1.82) is 0 Å². The largest absolute Gasteiger partial charge is 0.494 e. The number of ether oxygens (including phenoxy) is 2. The molecule has 32 heavy (non-hydrogen) atoms. The molecule has 0 radical (unpaired) electrons. The molecule has 0 spiro atoms. The maximum Gasteiger partial charge on any atom is 0.338 e. The zero-order valence-corrected chi connectivity index (χ0v) is 19.4. The summed E-state index contributed by atoms with van der Waals surface area (Å²) in [4.78, 5) is 36.4. The summed E-state index contributed by atoms with van der Waals surface area (Å²) in [6.45, 7) is 2.06. The molecule has 0 aliphatic rings. The highest BCUT2D eigenvalue weighted by Gasteiger charge is 2.11. The van der Waals surface area contributed by atoms with Crippen molar-refractivity contribution in [2.24, 2.45) is 0 Å². The van der Waals surface area contributed by atoms with Crippen LogP contribution < -0.4 is 15.4 Å². The second-order valence-corrected chi connectivity index (χ2v) is 7.87. The van der Waals surface area contributed by atoms with Gasteiger partial charge in [0.15, 0.2) is 6.61 Å². The standard InChI is InChI=1S/C24H21IN2O5/c1-2-31-21-13-11-20(12-14-21)27-23(29)16-5-9-19(10-6-16)26-22(28)15-32-24(30)17-3-7-18(25)8-4-17/h3-14H,2,15H2,1H3,(H,26,28)(H,27,29). The highest BCUT2D eigenvalue weighted by atomic mass is 127. The fraction of sp³-hybridized carbons (Fsp3) is 0.125. The van der Waals surface area contributed by atoms with Crippen molar-refractivity contribution in [3.05, 3.63) is 87.5 Å². The lowest BCUT2D eigenvalue weighted by Gasteiger charge is -2.09. The maximum atomic E-state index is 12.4. The lowest BCUT2D eigenvalue weighted by molar-refractivity contribution is -0.119. The number of benzene rings is 3. The molecule has 0 fully saturated rings. The highest BCUT2D eigenvalue weighted by Crippen LogP contribution is 2.17. The van der Waals surface area contributed by atoms with E-state index in [4.69, 9.17) is 9.47 Å². The summed E-state index contributed by atoms with van der Waals surface area (Å²) in [5.41, 5.74) is 1.94. The van der Waals surface area contributed by atoms with Crippen LogP contribution in [0.1, 0.15) is 27.6 Å². The number of hydrogen-bond acceptors (Lipinski definition) is 5. The van der Waals surface area contributed by atoms with Crippen molar-refractivity contribution in [1.82, 2.24) is 0 Å². The molecule has 2 amide bonds. The molecule has 164 valence electrons. The molecule has 0 atom stereocenters. The molecule has 0 aromatic heterocycles. The van der Waals surface area contributed by atoms with E-state index in [9.17, 15) is 14.4 Å². The minimum Gasteiger partial charge on any atom is -0.494 e. The van der Waals surface area contributed by atoms with Gasteiger partial charge in [0.2, 0.25) is 0 Å². The Labute approximate surface area is 199 Å². The maximum absolute atomic E-state index is 12.4. The summed E-state index contributed by atoms with van der Waals surface area (Å²) in [6.07, 6.45) is 0. The Kier molecular flexibility index (Phi) is 8.20. The molecule has 0 aliphatic heterocycles. The van der Waals surface area contributed by atoms with Gasteiger partial charge in [-0.3, -0.25) is 9.59 Å². The molecule has 3 aromatic carbocycles. The normalized spacial score (nSPS) is 10.2. The summed E-state index contributed by atoms with van der Waals surface area (Å²) in [5, 5.41) is 5.43. The number of hydrogen-bond donors (Lipinski definition) is 2. The third-order valence-electron chi connectivity index (χ3n) is 4.27. The number of halogens is 1. The second kappa shape index (κ2) is 11.3. The number of nitrogens with one attached hydrogen (secondary N) is 2. The first kappa shape index (κ1) is 23.3. The molecule has 0 unspecified atom stereocenters. The van der Waals surface area contributed by atoms with E-state index in [1.54, 1.807) is 72.8 Å². The quantitative estimate of drug-likeness (QED) is 0.316. The number of carbonyl (C=O) groups is 3. The first-order valence-electron chi connectivity index (χ1n) is 9.81. The van der Waals surface area contributed by atoms with Gasteiger partial charge >= 0.3 is 5.97 Å². The summed E-state index contributed by atoms with van der Waals surface area (Å²) in [6, 6.07) is 20.3. The van der Waals surface area contributed by atoms with E-state index in [0.717, 1.165) is 9.32 Å². The molecule has 0 saturated carbocycles. The lowest BCUT2D eigenvalue weighted by atomic mass is 10.2. The molecule has 7 nitrogen and oxygen atoms in total. The van der Waals surface area contributed by atoms with Crippen molar-refractivity contribution in [2.45, 2.75) is 6.92 Å². The molecule has 0 bridgehead atoms. The number of esters is 1. The summed E-state index contributed by atoms with van der Waals surface area (Å²) in [5.74, 6) is -0.596. The third-order valence-corrected chi connectivity index (χ3v) is 4.99. The average Bonchev–Trinajstić information content (AvgIpc) is 2.80. The fourth-order valence-corrected chi connectivity index (χ4v) is 3.07. The Morgan fingerprint density at radius 1 is 0.781 bits per heavy atom. The van der Waals surface area contributed by atoms with E-state index in [1.807, 2.05) is 6.92 Å². The van der Waals surface area contributed by atoms with E-state index in [-0.39, 0.29) is 5.91 Å². The SMILES string of the molecule is CCOc1ccc(NC(=O)c2ccc(NC(=O)COC(=O)c3ccc(I)cc3)cc2)cc1. The van der Waals surface area contributed by atoms with Gasteiger partial charge in [-0.15, -0.1) is 0 Å². The van der Waals surface area contributed by atoms with Gasteiger partial charge in [0, 0.05) is 20.5 Å². The van der Waals surface area contributed by atoms with Crippen LogP contribution >= 0.6 is 22.6 Å². The zero-order chi connectivity index (χ0) is 22.9. The average molecular weight is 544 g/mol. The van der Waals surface area contributed by atoms with Crippen molar-refractivity contribution in [2.75, 3.05) is 23.8 Å². The predicted octanol–water partition coefficient (Wildman–Crippen LogP) is 4.74. The van der Waals surface area contributed by atoms with Gasteiger partial charge in [0.25, 0.3) is 11.8 Å². The van der Waals surface area contributed by atoms with Crippen LogP contribution in [-0.2, 0) is 9.53 Å². The molecular weight excluding hydrogens is 523 g/mol. The Morgan fingerprint density at radius 2 is 1.34 bits per heavy atom. The molecule has 0 heterocycles. The molecule has 3 aromatic rings. The van der Waals surface area contributed by atoms with E-state index in [0.29, 0.717) is 29.1 Å². The van der Waals surface area contributed by atoms with Crippen LogP contribution in [0.5, 0.6) is 5.75 Å². The van der Waals surface area contributed by atoms with Gasteiger partial charge in [-0.05, 0) is 102 Å². The van der Waals surface area contributed by atoms with Crippen molar-refractivity contribution >= 4 is 51.7 Å². The van der Waals surface area contributed by atoms with E-state index in [2.05, 4.69) is 33.2 Å². The van der Waals surface area contributed by atoms with Crippen LogP contribution in [0.15, 0.2) is 72.8 Å². The van der Waals surface area contributed by atoms with E-state index >= 15 is 0 Å². The van der Waals surface area contributed by atoms with Crippen LogP contribution in [0.4, 0.5) is 11.4 Å². The van der Waals surface area contributed by atoms with Gasteiger partial charge in [-0.2, -0.15) is 0 Å². The van der Waals surface area contributed by atoms with Crippen LogP contribution in [0.25, 0.3) is 0 Å². The van der Waals surface area contributed by atoms with Crippen LogP contribution in [-0.4, -0.2) is 31.0 Å². The topological polar surface area (TPSA) is 93.7 Å². The lowest BCUT2D eigenvalue weighted by Crippen LogP contribution is -2.21. The molecule has 0 aliphatic carbocycles. The molecule has 8 heteroatoms. The number of rotatable bonds is 8. The predicted molar refractivity (Wildman–Crippen MR) is 130 cm³/mol. The first-order valence-corrected chi connectivity index (χ1v) is 10.9. The van der Waals surface area contributed by atoms with Crippen molar-refractivity contribution in [3.8, 4) is 5.75 Å². The van der Waals surface area contributed by atoms with Crippen molar-refractivity contribution in [3.63, 3.8) is 0 Å². The van der Waals surface area contributed by atoms with Gasteiger partial charge in [0.05, 0.1) is 12.2 Å². The van der Waals surface area contributed by atoms with Gasteiger partial charge in [-0.1, -0.05) is 0 Å². The minimum atomic E-state index is -0.571. The minimum absolute atomic E-state index is 0.279.